The number of hydrogen-bond acceptors (Lipinski definition) is 1. The molecule has 0 aromatic carbocycles. The van der Waals surface area contributed by atoms with Crippen LogP contribution in [0.2, 0.25) is 0 Å². The molecule has 1 nitrogen and oxygen atoms in total. The topological polar surface area (TPSA) is 9.23 Å². The molecular formula is C11H22O. The lowest BCUT2D eigenvalue weighted by Crippen LogP contribution is -1.85. The average Bonchev–Trinajstić information content (AvgIpc) is 2.10. The molecule has 0 unspecified atom stereocenters. The lowest BCUT2D eigenvalue weighted by Gasteiger charge is -1.94. The van der Waals surface area contributed by atoms with Gasteiger partial charge in [0.2, 0.25) is 0 Å². The first kappa shape index (κ1) is 11.7. The zero-order valence-corrected chi connectivity index (χ0v) is 8.51. The van der Waals surface area contributed by atoms with E-state index in [1.165, 1.54) is 32.1 Å². The van der Waals surface area contributed by atoms with Crippen molar-refractivity contribution in [1.82, 2.24) is 0 Å². The van der Waals surface area contributed by atoms with Crippen LogP contribution in [0.15, 0.2) is 12.2 Å². The van der Waals surface area contributed by atoms with Crippen LogP contribution >= 0.6 is 0 Å². The van der Waals surface area contributed by atoms with E-state index < -0.39 is 0 Å². The molecular weight excluding hydrogens is 148 g/mol. The summed E-state index contributed by atoms with van der Waals surface area (Å²) in [5.41, 5.74) is 0. The van der Waals surface area contributed by atoms with Gasteiger partial charge in [-0.2, -0.15) is 0 Å². The van der Waals surface area contributed by atoms with Gasteiger partial charge in [-0.1, -0.05) is 31.9 Å². The first-order valence-electron chi connectivity index (χ1n) is 5.05. The number of unbranched alkanes of at least 4 members (excludes halogenated alkanes) is 4. The summed E-state index contributed by atoms with van der Waals surface area (Å²) in [6, 6.07) is 0. The van der Waals surface area contributed by atoms with Gasteiger partial charge >= 0.3 is 0 Å². The van der Waals surface area contributed by atoms with Crippen molar-refractivity contribution in [2.75, 3.05) is 13.7 Å². The van der Waals surface area contributed by atoms with Crippen molar-refractivity contribution in [3.8, 4) is 0 Å². The number of hydrogen-bond donors (Lipinski definition) is 0. The van der Waals surface area contributed by atoms with E-state index in [1.807, 2.05) is 0 Å². The lowest BCUT2D eigenvalue weighted by molar-refractivity contribution is 0.196. The Morgan fingerprint density at radius 1 is 1.00 bits per heavy atom. The van der Waals surface area contributed by atoms with E-state index in [9.17, 15) is 0 Å². The van der Waals surface area contributed by atoms with Gasteiger partial charge in [0, 0.05) is 13.7 Å². The van der Waals surface area contributed by atoms with Gasteiger partial charge in [-0.05, 0) is 25.7 Å². The van der Waals surface area contributed by atoms with E-state index in [4.69, 9.17) is 4.74 Å². The van der Waals surface area contributed by atoms with Crippen molar-refractivity contribution in [2.24, 2.45) is 0 Å². The summed E-state index contributed by atoms with van der Waals surface area (Å²) in [4.78, 5) is 0. The third-order valence-corrected chi connectivity index (χ3v) is 1.86. The van der Waals surface area contributed by atoms with Gasteiger partial charge < -0.3 is 4.74 Å². The molecule has 0 atom stereocenters. The molecule has 0 spiro atoms. The molecule has 0 heterocycles. The third kappa shape index (κ3) is 9.70. The summed E-state index contributed by atoms with van der Waals surface area (Å²) >= 11 is 0. The maximum absolute atomic E-state index is 4.95. The quantitative estimate of drug-likeness (QED) is 0.400. The second-order valence-corrected chi connectivity index (χ2v) is 3.10. The molecule has 0 radical (unpaired) electrons. The molecule has 12 heavy (non-hydrogen) atoms. The molecule has 0 fully saturated rings. The van der Waals surface area contributed by atoms with Crippen LogP contribution in [0.1, 0.15) is 45.4 Å². The van der Waals surface area contributed by atoms with Gasteiger partial charge in [-0.3, -0.25) is 0 Å². The van der Waals surface area contributed by atoms with Crippen LogP contribution in [-0.2, 0) is 4.74 Å². The fourth-order valence-electron chi connectivity index (χ4n) is 1.09. The zero-order valence-electron chi connectivity index (χ0n) is 8.51. The molecule has 0 saturated carbocycles. The smallest absolute Gasteiger partial charge is 0.0465 e. The van der Waals surface area contributed by atoms with Gasteiger partial charge in [0.05, 0.1) is 0 Å². The highest BCUT2D eigenvalue weighted by Gasteiger charge is 1.83. The minimum Gasteiger partial charge on any atom is -0.385 e. The second-order valence-electron chi connectivity index (χ2n) is 3.10. The van der Waals surface area contributed by atoms with Crippen molar-refractivity contribution < 1.29 is 4.74 Å². The van der Waals surface area contributed by atoms with E-state index in [0.29, 0.717) is 0 Å². The zero-order chi connectivity index (χ0) is 9.07. The largest absolute Gasteiger partial charge is 0.385 e. The van der Waals surface area contributed by atoms with Crippen molar-refractivity contribution in [3.05, 3.63) is 12.2 Å². The summed E-state index contributed by atoms with van der Waals surface area (Å²) < 4.78 is 4.95. The molecule has 72 valence electrons. The van der Waals surface area contributed by atoms with Crippen LogP contribution in [-0.4, -0.2) is 13.7 Å². The summed E-state index contributed by atoms with van der Waals surface area (Å²) in [6.07, 6.45) is 12.2. The average molecular weight is 170 g/mol. The van der Waals surface area contributed by atoms with Crippen molar-refractivity contribution in [2.45, 2.75) is 45.4 Å². The fourth-order valence-corrected chi connectivity index (χ4v) is 1.09. The van der Waals surface area contributed by atoms with Crippen LogP contribution in [0.4, 0.5) is 0 Å². The maximum atomic E-state index is 4.95. The minimum absolute atomic E-state index is 0.888. The van der Waals surface area contributed by atoms with Gasteiger partial charge in [-0.25, -0.2) is 0 Å². The Labute approximate surface area is 76.8 Å². The monoisotopic (exact) mass is 170 g/mol. The fraction of sp³-hybridized carbons (Fsp3) is 0.818. The van der Waals surface area contributed by atoms with Crippen LogP contribution in [0.25, 0.3) is 0 Å². The van der Waals surface area contributed by atoms with Gasteiger partial charge in [0.15, 0.2) is 0 Å². The molecule has 0 bridgehead atoms. The molecule has 0 rings (SSSR count). The SMILES string of the molecule is CCCCC/C=C/CCCOC. The highest BCUT2D eigenvalue weighted by atomic mass is 16.5. The number of methoxy groups -OCH3 is 1. The Morgan fingerprint density at radius 2 is 1.67 bits per heavy atom. The van der Waals surface area contributed by atoms with Crippen LogP contribution in [0.3, 0.4) is 0 Å². The summed E-state index contributed by atoms with van der Waals surface area (Å²) in [5.74, 6) is 0. The first-order chi connectivity index (χ1) is 5.91. The Kier molecular flexibility index (Phi) is 10.4. The van der Waals surface area contributed by atoms with E-state index in [2.05, 4.69) is 19.1 Å². The third-order valence-electron chi connectivity index (χ3n) is 1.86. The molecule has 1 heteroatoms. The van der Waals surface area contributed by atoms with Crippen molar-refractivity contribution in [1.29, 1.82) is 0 Å². The normalized spacial score (nSPS) is 11.2. The second kappa shape index (κ2) is 10.7. The van der Waals surface area contributed by atoms with Gasteiger partial charge in [0.1, 0.15) is 0 Å². The maximum Gasteiger partial charge on any atom is 0.0465 e. The van der Waals surface area contributed by atoms with E-state index in [-0.39, 0.29) is 0 Å². The number of rotatable bonds is 8. The van der Waals surface area contributed by atoms with E-state index in [0.717, 1.165) is 13.0 Å². The molecule has 0 aliphatic rings. The van der Waals surface area contributed by atoms with Crippen molar-refractivity contribution >= 4 is 0 Å². The molecule has 0 aromatic rings. The Bertz CT molecular complexity index is 85.2. The predicted octanol–water partition coefficient (Wildman–Crippen LogP) is 3.55. The molecule has 0 aliphatic heterocycles. The van der Waals surface area contributed by atoms with Crippen LogP contribution < -0.4 is 0 Å². The highest BCUT2D eigenvalue weighted by Crippen LogP contribution is 2.00. The van der Waals surface area contributed by atoms with E-state index in [1.54, 1.807) is 7.11 Å². The van der Waals surface area contributed by atoms with Gasteiger partial charge in [-0.15, -0.1) is 0 Å². The summed E-state index contributed by atoms with van der Waals surface area (Å²) in [6.45, 7) is 3.13. The Balaban J connectivity index is 2.93. The minimum atomic E-state index is 0.888. The molecule has 0 aromatic heterocycles. The van der Waals surface area contributed by atoms with E-state index >= 15 is 0 Å². The number of allylic oxidation sites excluding steroid dienone is 2. The van der Waals surface area contributed by atoms with Crippen molar-refractivity contribution in [3.63, 3.8) is 0 Å². The first-order valence-corrected chi connectivity index (χ1v) is 5.05. The summed E-state index contributed by atoms with van der Waals surface area (Å²) in [5, 5.41) is 0. The predicted molar refractivity (Wildman–Crippen MR) is 54.4 cm³/mol. The molecule has 0 saturated heterocycles. The lowest BCUT2D eigenvalue weighted by atomic mass is 10.2. The standard InChI is InChI=1S/C11H22O/c1-3-4-5-6-7-8-9-10-11-12-2/h7-8H,3-6,9-11H2,1-2H3/b8-7+. The molecule has 0 amide bonds. The molecule has 0 aliphatic carbocycles. The van der Waals surface area contributed by atoms with Gasteiger partial charge in [0.25, 0.3) is 0 Å². The number of ether oxygens (including phenoxy) is 1. The molecule has 0 N–H and O–H groups in total. The Morgan fingerprint density at radius 3 is 2.25 bits per heavy atom. The summed E-state index contributed by atoms with van der Waals surface area (Å²) in [7, 11) is 1.75. The highest BCUT2D eigenvalue weighted by molar-refractivity contribution is 4.81. The van der Waals surface area contributed by atoms with Crippen LogP contribution in [0, 0.1) is 0 Å². The Hall–Kier alpha value is -0.300. The van der Waals surface area contributed by atoms with Crippen LogP contribution in [0.5, 0.6) is 0 Å².